The lowest BCUT2D eigenvalue weighted by Crippen LogP contribution is -2.51. The first kappa shape index (κ1) is 26.5. The van der Waals surface area contributed by atoms with Crippen molar-refractivity contribution in [1.29, 1.82) is 0 Å². The van der Waals surface area contributed by atoms with Crippen molar-refractivity contribution in [2.45, 2.75) is 64.8 Å². The number of epoxide rings is 1. The van der Waals surface area contributed by atoms with Crippen molar-refractivity contribution in [1.82, 2.24) is 14.2 Å². The Morgan fingerprint density at radius 2 is 1.84 bits per heavy atom. The van der Waals surface area contributed by atoms with Gasteiger partial charge in [-0.05, 0) is 43.0 Å². The molecular weight excluding hydrogens is 529 g/mol. The number of carbonyl (C=O) groups excluding carboxylic acids is 3. The third-order valence-corrected chi connectivity index (χ3v) is 5.57. The lowest BCUT2D eigenvalue weighted by molar-refractivity contribution is -0.142. The van der Waals surface area contributed by atoms with Crippen molar-refractivity contribution < 1.29 is 23.9 Å². The molecule has 32 heavy (non-hydrogen) atoms. The highest BCUT2D eigenvalue weighted by molar-refractivity contribution is 14.1. The maximum absolute atomic E-state index is 12.9. The Kier molecular flexibility index (Phi) is 10.8. The molecule has 0 aromatic heterocycles. The highest BCUT2D eigenvalue weighted by Crippen LogP contribution is 2.14. The van der Waals surface area contributed by atoms with Gasteiger partial charge in [-0.2, -0.15) is 0 Å². The van der Waals surface area contributed by atoms with Crippen molar-refractivity contribution in [3.8, 4) is 0 Å². The van der Waals surface area contributed by atoms with E-state index < -0.39 is 12.1 Å². The summed E-state index contributed by atoms with van der Waals surface area (Å²) in [6.07, 6.45) is 0.675. The molecule has 4 atom stereocenters. The Morgan fingerprint density at radius 3 is 2.38 bits per heavy atom. The smallest absolute Gasteiger partial charge is 0.302 e. The molecule has 1 heterocycles. The second kappa shape index (κ2) is 13.0. The van der Waals surface area contributed by atoms with Gasteiger partial charge in [-0.15, -0.1) is 0 Å². The van der Waals surface area contributed by atoms with Gasteiger partial charge in [0.25, 0.3) is 0 Å². The zero-order valence-electron chi connectivity index (χ0n) is 18.5. The number of hydrogen-bond acceptors (Lipinski definition) is 8. The molecule has 10 nitrogen and oxygen atoms in total. The lowest BCUT2D eigenvalue weighted by atomic mass is 10.0. The van der Waals surface area contributed by atoms with E-state index >= 15 is 0 Å². The van der Waals surface area contributed by atoms with Gasteiger partial charge >= 0.3 is 5.97 Å². The van der Waals surface area contributed by atoms with Crippen LogP contribution in [0.25, 0.3) is 0 Å². The van der Waals surface area contributed by atoms with E-state index in [2.05, 4.69) is 19.5 Å². The summed E-state index contributed by atoms with van der Waals surface area (Å²) in [6, 6.07) is 5.87. The summed E-state index contributed by atoms with van der Waals surface area (Å²) in [5.41, 5.74) is 6.99. The summed E-state index contributed by atoms with van der Waals surface area (Å²) in [4.78, 5) is 36.6. The molecule has 1 aliphatic heterocycles. The topological polar surface area (TPSA) is 147 Å². The van der Waals surface area contributed by atoms with E-state index in [1.54, 1.807) is 24.3 Å². The van der Waals surface area contributed by atoms with Crippen LogP contribution >= 0.6 is 22.9 Å². The predicted molar refractivity (Wildman–Crippen MR) is 128 cm³/mol. The van der Waals surface area contributed by atoms with Crippen molar-refractivity contribution in [2.75, 3.05) is 11.9 Å². The van der Waals surface area contributed by atoms with Crippen LogP contribution < -0.4 is 25.2 Å². The molecule has 1 aliphatic rings. The maximum Gasteiger partial charge on any atom is 0.302 e. The quantitative estimate of drug-likeness (QED) is 0.0793. The fourth-order valence-electron chi connectivity index (χ4n) is 2.95. The number of nitrogens with two attached hydrogens (primary N) is 1. The van der Waals surface area contributed by atoms with Gasteiger partial charge in [0.15, 0.2) is 0 Å². The van der Waals surface area contributed by atoms with Gasteiger partial charge in [-0.3, -0.25) is 19.7 Å². The number of halogens is 1. The second-order valence-electron chi connectivity index (χ2n) is 7.98. The number of carbonyl (C=O) groups is 3. The molecule has 1 fully saturated rings. The molecular formula is C21H32IN5O5. The molecule has 178 valence electrons. The summed E-state index contributed by atoms with van der Waals surface area (Å²) in [6.45, 7) is 6.00. The minimum absolute atomic E-state index is 0.0653. The molecule has 2 rings (SSSR count). The molecule has 0 bridgehead atoms. The van der Waals surface area contributed by atoms with Crippen molar-refractivity contribution in [3.63, 3.8) is 0 Å². The van der Waals surface area contributed by atoms with Crippen molar-refractivity contribution >= 4 is 46.3 Å². The number of rotatable bonds is 13. The molecule has 1 aromatic carbocycles. The summed E-state index contributed by atoms with van der Waals surface area (Å²) in [7, 11) is 0. The Bertz CT molecular complexity index is 776. The molecule has 1 aromatic rings. The van der Waals surface area contributed by atoms with Gasteiger partial charge < -0.3 is 25.8 Å². The van der Waals surface area contributed by atoms with Crippen LogP contribution in [-0.4, -0.2) is 48.9 Å². The van der Waals surface area contributed by atoms with Crippen LogP contribution in [0.5, 0.6) is 0 Å². The van der Waals surface area contributed by atoms with Crippen LogP contribution in [0.4, 0.5) is 5.69 Å². The van der Waals surface area contributed by atoms with Crippen LogP contribution in [0.3, 0.4) is 0 Å². The average molecular weight is 561 g/mol. The van der Waals surface area contributed by atoms with Gasteiger partial charge in [0.1, 0.15) is 25.1 Å². The highest BCUT2D eigenvalue weighted by Gasteiger charge is 2.34. The first-order chi connectivity index (χ1) is 15.2. The van der Waals surface area contributed by atoms with E-state index in [-0.39, 0.29) is 42.8 Å². The molecule has 6 N–H and O–H groups in total. The first-order valence-corrected chi connectivity index (χ1v) is 11.6. The van der Waals surface area contributed by atoms with E-state index in [0.29, 0.717) is 25.1 Å². The number of anilines is 1. The minimum atomic E-state index is -0.704. The van der Waals surface area contributed by atoms with Crippen molar-refractivity contribution in [2.24, 2.45) is 11.7 Å². The normalized spacial score (nSPS) is 19.2. The molecule has 11 heteroatoms. The molecule has 0 spiro atoms. The average Bonchev–Trinajstić information content (AvgIpc) is 3.44. The minimum Gasteiger partial charge on any atom is -0.461 e. The third kappa shape index (κ3) is 8.98. The standard InChI is InChI=1S/C21H32IN5O5/c1-12(2)17(27-22)20(30)26-16(5-4-10-24-21-18(23)32-21)19(29)25-15-8-6-14(7-9-15)11-31-13(3)28/h6-9,12,16-18,21,24,27H,4-5,10-11,23H2,1-3H3,(H,25,29)(H,26,30)/t16-,17-,18?,21?/m0/s1. The molecule has 0 saturated carbocycles. The molecule has 0 radical (unpaired) electrons. The lowest BCUT2D eigenvalue weighted by Gasteiger charge is -2.23. The van der Waals surface area contributed by atoms with Crippen LogP contribution in [0, 0.1) is 5.92 Å². The fourth-order valence-corrected chi connectivity index (χ4v) is 3.95. The van der Waals surface area contributed by atoms with Gasteiger partial charge in [-0.1, -0.05) is 26.0 Å². The number of ether oxygens (including phenoxy) is 2. The van der Waals surface area contributed by atoms with Crippen LogP contribution in [0.2, 0.25) is 0 Å². The van der Waals surface area contributed by atoms with Gasteiger partial charge in [-0.25, -0.2) is 3.53 Å². The number of esters is 1. The zero-order chi connectivity index (χ0) is 23.7. The highest BCUT2D eigenvalue weighted by atomic mass is 127. The van der Waals surface area contributed by atoms with E-state index in [1.807, 2.05) is 36.7 Å². The molecule has 2 unspecified atom stereocenters. The summed E-state index contributed by atoms with van der Waals surface area (Å²) >= 11 is 1.95. The number of amides is 2. The summed E-state index contributed by atoms with van der Waals surface area (Å²) in [5.74, 6) is -0.824. The Labute approximate surface area is 202 Å². The second-order valence-corrected chi connectivity index (χ2v) is 8.60. The zero-order valence-corrected chi connectivity index (χ0v) is 20.7. The number of benzene rings is 1. The SMILES string of the molecule is CC(=O)OCc1ccc(NC(=O)[C@H](CCCNC2OC2N)NC(=O)[C@@H](NI)C(C)C)cc1. The fraction of sp³-hybridized carbons (Fsp3) is 0.571. The van der Waals surface area contributed by atoms with Gasteiger partial charge in [0, 0.05) is 35.5 Å². The molecule has 2 amide bonds. The Balaban J connectivity index is 1.96. The molecule has 1 saturated heterocycles. The Hall–Kier alpha value is -1.80. The van der Waals surface area contributed by atoms with Crippen molar-refractivity contribution in [3.05, 3.63) is 29.8 Å². The monoisotopic (exact) mass is 561 g/mol. The largest absolute Gasteiger partial charge is 0.461 e. The van der Waals surface area contributed by atoms with E-state index in [0.717, 1.165) is 5.56 Å². The van der Waals surface area contributed by atoms with Crippen LogP contribution in [-0.2, 0) is 30.5 Å². The van der Waals surface area contributed by atoms with Crippen LogP contribution in [0.1, 0.15) is 39.2 Å². The molecule has 0 aliphatic carbocycles. The van der Waals surface area contributed by atoms with E-state index in [9.17, 15) is 14.4 Å². The third-order valence-electron chi connectivity index (χ3n) is 4.90. The van der Waals surface area contributed by atoms with E-state index in [4.69, 9.17) is 15.2 Å². The van der Waals surface area contributed by atoms with Gasteiger partial charge in [0.05, 0.1) is 6.04 Å². The predicted octanol–water partition coefficient (Wildman–Crippen LogP) is 1.15. The number of nitrogens with one attached hydrogen (secondary N) is 4. The summed E-state index contributed by atoms with van der Waals surface area (Å²) < 4.78 is 13.0. The Morgan fingerprint density at radius 1 is 1.19 bits per heavy atom. The number of hydrogen-bond donors (Lipinski definition) is 5. The maximum atomic E-state index is 12.9. The van der Waals surface area contributed by atoms with E-state index in [1.165, 1.54) is 6.92 Å². The van der Waals surface area contributed by atoms with Gasteiger partial charge in [0.2, 0.25) is 11.8 Å². The van der Waals surface area contributed by atoms with Crippen LogP contribution in [0.15, 0.2) is 24.3 Å². The summed E-state index contributed by atoms with van der Waals surface area (Å²) in [5, 5.41) is 8.85. The first-order valence-electron chi connectivity index (χ1n) is 10.6.